The number of fused-ring (bicyclic) bond motifs is 1. The lowest BCUT2D eigenvalue weighted by Crippen LogP contribution is -2.39. The van der Waals surface area contributed by atoms with E-state index in [0.29, 0.717) is 42.4 Å². The van der Waals surface area contributed by atoms with E-state index in [1.54, 1.807) is 7.05 Å². The minimum Gasteiger partial charge on any atom is -0.463 e. The fourth-order valence-electron chi connectivity index (χ4n) is 5.37. The van der Waals surface area contributed by atoms with Crippen molar-refractivity contribution in [2.45, 2.75) is 58.0 Å². The van der Waals surface area contributed by atoms with Gasteiger partial charge in [0.1, 0.15) is 5.69 Å². The molecule has 0 radical (unpaired) electrons. The monoisotopic (exact) mass is 464 g/mol. The van der Waals surface area contributed by atoms with Crippen LogP contribution in [0.4, 0.5) is 17.3 Å². The van der Waals surface area contributed by atoms with Gasteiger partial charge in [0.05, 0.1) is 13.2 Å². The third-order valence-electron chi connectivity index (χ3n) is 7.15. The summed E-state index contributed by atoms with van der Waals surface area (Å²) < 4.78 is 6.07. The summed E-state index contributed by atoms with van der Waals surface area (Å²) in [6.07, 6.45) is 8.87. The molecule has 8 heteroatoms. The van der Waals surface area contributed by atoms with Gasteiger partial charge in [-0.1, -0.05) is 43.5 Å². The van der Waals surface area contributed by atoms with Crippen LogP contribution in [-0.4, -0.2) is 54.1 Å². The van der Waals surface area contributed by atoms with Crippen LogP contribution in [0.3, 0.4) is 0 Å². The summed E-state index contributed by atoms with van der Waals surface area (Å²) in [5, 5.41) is 6.07. The molecule has 1 saturated carbocycles. The van der Waals surface area contributed by atoms with Crippen molar-refractivity contribution in [2.24, 2.45) is 5.92 Å². The zero-order valence-electron chi connectivity index (χ0n) is 20.2. The lowest BCUT2D eigenvalue weighted by Gasteiger charge is -2.31. The predicted molar refractivity (Wildman–Crippen MR) is 134 cm³/mol. The molecule has 1 aliphatic carbocycles. The average Bonchev–Trinajstić information content (AvgIpc) is 3.36. The van der Waals surface area contributed by atoms with E-state index in [2.05, 4.69) is 44.8 Å². The molecule has 3 heterocycles. The maximum atomic E-state index is 12.5. The van der Waals surface area contributed by atoms with E-state index in [1.807, 2.05) is 4.90 Å². The zero-order chi connectivity index (χ0) is 23.3. The number of likely N-dealkylation sites (tertiary alicyclic amines) is 1. The molecular formula is C26H36N6O2. The fraction of sp³-hybridized carbons (Fsp3) is 0.577. The Morgan fingerprint density at radius 1 is 1.06 bits per heavy atom. The summed E-state index contributed by atoms with van der Waals surface area (Å²) in [6.45, 7) is 4.85. The van der Waals surface area contributed by atoms with Crippen molar-refractivity contribution in [1.29, 1.82) is 0 Å². The second-order valence-corrected chi connectivity index (χ2v) is 9.83. The first-order valence-electron chi connectivity index (χ1n) is 12.8. The molecule has 0 unspecified atom stereocenters. The van der Waals surface area contributed by atoms with E-state index in [0.717, 1.165) is 6.54 Å². The number of nitrogens with zero attached hydrogens (tertiary/aromatic N) is 4. The molecule has 2 fully saturated rings. The number of nitrogens with one attached hydrogen (secondary N) is 2. The number of rotatable bonds is 8. The fourth-order valence-corrected chi connectivity index (χ4v) is 5.37. The smallest absolute Gasteiger partial charge is 0.320 e. The first-order valence-corrected chi connectivity index (χ1v) is 12.8. The topological polar surface area (TPSA) is 82.6 Å². The highest BCUT2D eigenvalue weighted by Crippen LogP contribution is 2.36. The number of aromatic nitrogens is 2. The van der Waals surface area contributed by atoms with Crippen molar-refractivity contribution in [3.05, 3.63) is 35.4 Å². The Kier molecular flexibility index (Phi) is 7.13. The van der Waals surface area contributed by atoms with Crippen molar-refractivity contribution in [1.82, 2.24) is 14.9 Å². The van der Waals surface area contributed by atoms with Gasteiger partial charge in [-0.15, -0.1) is 0 Å². The molecule has 34 heavy (non-hydrogen) atoms. The van der Waals surface area contributed by atoms with Gasteiger partial charge >= 0.3 is 6.01 Å². The number of carbonyl (C=O) groups excluding carboxylic acids is 1. The minimum absolute atomic E-state index is 0.0586. The van der Waals surface area contributed by atoms with Gasteiger partial charge < -0.3 is 20.3 Å². The summed E-state index contributed by atoms with van der Waals surface area (Å²) in [6, 6.07) is 9.06. The summed E-state index contributed by atoms with van der Waals surface area (Å²) >= 11 is 0. The van der Waals surface area contributed by atoms with Crippen LogP contribution in [0, 0.1) is 5.92 Å². The second-order valence-electron chi connectivity index (χ2n) is 9.83. The zero-order valence-corrected chi connectivity index (χ0v) is 20.2. The number of anilines is 3. The van der Waals surface area contributed by atoms with Gasteiger partial charge in [0.25, 0.3) is 0 Å². The van der Waals surface area contributed by atoms with Crippen LogP contribution in [-0.2, 0) is 17.9 Å². The summed E-state index contributed by atoms with van der Waals surface area (Å²) in [4.78, 5) is 26.4. The Morgan fingerprint density at radius 3 is 2.59 bits per heavy atom. The first kappa shape index (κ1) is 22.9. The van der Waals surface area contributed by atoms with E-state index < -0.39 is 0 Å². The molecule has 1 aromatic carbocycles. The normalized spacial score (nSPS) is 19.1. The number of hydrogen-bond donors (Lipinski definition) is 2. The Bertz CT molecular complexity index is 1000. The van der Waals surface area contributed by atoms with E-state index in [-0.39, 0.29) is 12.5 Å². The van der Waals surface area contributed by atoms with Gasteiger partial charge in [0.15, 0.2) is 11.6 Å². The number of hydrogen-bond acceptors (Lipinski definition) is 7. The Labute approximate surface area is 202 Å². The van der Waals surface area contributed by atoms with Crippen molar-refractivity contribution in [3.63, 3.8) is 0 Å². The molecule has 8 nitrogen and oxygen atoms in total. The number of ether oxygens (including phenoxy) is 1. The van der Waals surface area contributed by atoms with Crippen LogP contribution in [0.5, 0.6) is 6.01 Å². The van der Waals surface area contributed by atoms with Gasteiger partial charge in [-0.25, -0.2) is 0 Å². The molecule has 0 bridgehead atoms. The maximum Gasteiger partial charge on any atom is 0.320 e. The number of benzene rings is 1. The maximum absolute atomic E-state index is 12.5. The summed E-state index contributed by atoms with van der Waals surface area (Å²) in [5.74, 6) is 1.81. The Morgan fingerprint density at radius 2 is 1.82 bits per heavy atom. The van der Waals surface area contributed by atoms with E-state index in [9.17, 15) is 4.79 Å². The largest absolute Gasteiger partial charge is 0.463 e. The van der Waals surface area contributed by atoms with E-state index >= 15 is 0 Å². The minimum atomic E-state index is -0.0586. The van der Waals surface area contributed by atoms with Gasteiger partial charge in [-0.05, 0) is 55.8 Å². The van der Waals surface area contributed by atoms with E-state index in [1.165, 1.54) is 69.2 Å². The Hall–Kier alpha value is -2.87. The standard InChI is InChI=1S/C26H36N6O2/c1-27-24-23-25(30-26(29-24)34-18-19-8-3-2-4-9-19)32(17-22(33)28-23)16-21-11-7-10-20(14-21)15-31-12-5-6-13-31/h7,10-11,14,19H,2-6,8-9,12-13,15-18H2,1H3,(H,28,33)(H,27,29,30). The molecule has 2 aromatic rings. The number of carbonyl (C=O) groups is 1. The van der Waals surface area contributed by atoms with E-state index in [4.69, 9.17) is 9.72 Å². The van der Waals surface area contributed by atoms with Gasteiger partial charge in [0.2, 0.25) is 5.91 Å². The van der Waals surface area contributed by atoms with Gasteiger partial charge in [0, 0.05) is 20.1 Å². The molecule has 1 aromatic heterocycles. The summed E-state index contributed by atoms with van der Waals surface area (Å²) in [5.41, 5.74) is 3.11. The molecular weight excluding hydrogens is 428 g/mol. The molecule has 1 amide bonds. The van der Waals surface area contributed by atoms with Crippen molar-refractivity contribution < 1.29 is 9.53 Å². The van der Waals surface area contributed by atoms with Crippen LogP contribution < -0.4 is 20.3 Å². The highest BCUT2D eigenvalue weighted by atomic mass is 16.5. The van der Waals surface area contributed by atoms with Crippen LogP contribution in [0.1, 0.15) is 56.1 Å². The molecule has 182 valence electrons. The SMILES string of the molecule is CNc1nc(OCC2CCCCC2)nc2c1NC(=O)CN2Cc1cccc(CN2CCCC2)c1. The van der Waals surface area contributed by atoms with Crippen molar-refractivity contribution in [3.8, 4) is 6.01 Å². The predicted octanol–water partition coefficient (Wildman–Crippen LogP) is 4.03. The number of amides is 1. The second kappa shape index (κ2) is 10.6. The van der Waals surface area contributed by atoms with Crippen LogP contribution in [0.25, 0.3) is 0 Å². The molecule has 1 saturated heterocycles. The lowest BCUT2D eigenvalue weighted by atomic mass is 9.90. The van der Waals surface area contributed by atoms with Crippen molar-refractivity contribution in [2.75, 3.05) is 48.8 Å². The molecule has 5 rings (SSSR count). The van der Waals surface area contributed by atoms with Gasteiger partial charge in [-0.3, -0.25) is 9.69 Å². The highest BCUT2D eigenvalue weighted by molar-refractivity contribution is 6.03. The Balaban J connectivity index is 1.35. The molecule has 0 atom stereocenters. The third-order valence-corrected chi connectivity index (χ3v) is 7.15. The molecule has 2 aliphatic heterocycles. The van der Waals surface area contributed by atoms with Gasteiger partial charge in [-0.2, -0.15) is 9.97 Å². The van der Waals surface area contributed by atoms with Crippen molar-refractivity contribution >= 4 is 23.2 Å². The third kappa shape index (κ3) is 5.43. The lowest BCUT2D eigenvalue weighted by molar-refractivity contribution is -0.115. The van der Waals surface area contributed by atoms with Crippen LogP contribution in [0.2, 0.25) is 0 Å². The highest BCUT2D eigenvalue weighted by Gasteiger charge is 2.28. The summed E-state index contributed by atoms with van der Waals surface area (Å²) in [7, 11) is 1.81. The first-order chi connectivity index (χ1) is 16.7. The van der Waals surface area contributed by atoms with Crippen LogP contribution in [0.15, 0.2) is 24.3 Å². The molecule has 3 aliphatic rings. The quantitative estimate of drug-likeness (QED) is 0.610. The average molecular weight is 465 g/mol. The molecule has 0 spiro atoms. The molecule has 2 N–H and O–H groups in total. The van der Waals surface area contributed by atoms with Crippen LogP contribution >= 0.6 is 0 Å².